The van der Waals surface area contributed by atoms with Gasteiger partial charge < -0.3 is 10.6 Å². The summed E-state index contributed by atoms with van der Waals surface area (Å²) in [5, 5.41) is 6.34. The van der Waals surface area contributed by atoms with Gasteiger partial charge in [0.25, 0.3) is 0 Å². The second kappa shape index (κ2) is 6.77. The third kappa shape index (κ3) is 5.84. The lowest BCUT2D eigenvalue weighted by molar-refractivity contribution is -0.119. The van der Waals surface area contributed by atoms with Gasteiger partial charge in [-0.25, -0.2) is 0 Å². The Labute approximate surface area is 104 Å². The van der Waals surface area contributed by atoms with E-state index in [1.807, 2.05) is 0 Å². The van der Waals surface area contributed by atoms with Crippen molar-refractivity contribution in [1.29, 1.82) is 0 Å². The molecule has 0 aromatic heterocycles. The lowest BCUT2D eigenvalue weighted by atomic mass is 10.2. The maximum absolute atomic E-state index is 10.9. The van der Waals surface area contributed by atoms with Crippen molar-refractivity contribution in [3.63, 3.8) is 0 Å². The minimum atomic E-state index is 0.0668. The molecule has 1 aliphatic rings. The first-order valence-electron chi connectivity index (χ1n) is 6.37. The van der Waals surface area contributed by atoms with Crippen LogP contribution >= 0.6 is 0 Å². The molecule has 0 bridgehead atoms. The zero-order chi connectivity index (χ0) is 12.8. The molecule has 1 unspecified atom stereocenters. The minimum absolute atomic E-state index is 0.0668. The van der Waals surface area contributed by atoms with E-state index in [-0.39, 0.29) is 5.91 Å². The molecular weight excluding hydrogens is 214 g/mol. The van der Waals surface area contributed by atoms with Gasteiger partial charge in [-0.05, 0) is 12.0 Å². The summed E-state index contributed by atoms with van der Waals surface area (Å²) in [6, 6.07) is 0.816. The smallest absolute Gasteiger partial charge is 0.217 e. The Hall–Kier alpha value is -0.870. The molecule has 17 heavy (non-hydrogen) atoms. The van der Waals surface area contributed by atoms with E-state index in [0.29, 0.717) is 12.1 Å². The highest BCUT2D eigenvalue weighted by molar-refractivity contribution is 5.73. The molecule has 1 rings (SSSR count). The summed E-state index contributed by atoms with van der Waals surface area (Å²) in [5.74, 6) is 0.0668. The van der Waals surface area contributed by atoms with Gasteiger partial charge in [-0.1, -0.05) is 20.4 Å². The van der Waals surface area contributed by atoms with E-state index in [1.165, 1.54) is 5.57 Å². The normalized spacial score (nSPS) is 20.8. The molecule has 4 heteroatoms. The van der Waals surface area contributed by atoms with Crippen LogP contribution in [0, 0.1) is 0 Å². The van der Waals surface area contributed by atoms with E-state index >= 15 is 0 Å². The number of hydrogen-bond acceptors (Lipinski definition) is 3. The number of nitrogens with zero attached hydrogens (tertiary/aromatic N) is 1. The second-order valence-corrected chi connectivity index (χ2v) is 5.21. The van der Waals surface area contributed by atoms with Gasteiger partial charge in [0.1, 0.15) is 0 Å². The summed E-state index contributed by atoms with van der Waals surface area (Å²) in [7, 11) is 0. The molecule has 0 saturated carbocycles. The predicted molar refractivity (Wildman–Crippen MR) is 70.9 cm³/mol. The van der Waals surface area contributed by atoms with Crippen molar-refractivity contribution in [3.8, 4) is 0 Å². The highest BCUT2D eigenvalue weighted by Gasteiger charge is 2.22. The molecule has 0 aromatic rings. The molecule has 0 aromatic carbocycles. The van der Waals surface area contributed by atoms with Gasteiger partial charge in [0.05, 0.1) is 0 Å². The standard InChI is InChI=1S/C13H25N3O/c1-10(2)14-7-11(3)8-16-6-5-13(9-16)15-12(4)17/h10,13-14H,3,5-9H2,1-2,4H3,(H,15,17). The minimum Gasteiger partial charge on any atom is -0.352 e. The highest BCUT2D eigenvalue weighted by Crippen LogP contribution is 2.10. The van der Waals surface area contributed by atoms with Crippen molar-refractivity contribution in [2.24, 2.45) is 0 Å². The quantitative estimate of drug-likeness (QED) is 0.672. The third-order valence-electron chi connectivity index (χ3n) is 2.89. The van der Waals surface area contributed by atoms with E-state index < -0.39 is 0 Å². The maximum atomic E-state index is 10.9. The Balaban J connectivity index is 2.20. The summed E-state index contributed by atoms with van der Waals surface area (Å²) < 4.78 is 0. The molecule has 98 valence electrons. The molecule has 1 aliphatic heterocycles. The first kappa shape index (κ1) is 14.2. The Kier molecular flexibility index (Phi) is 5.65. The SMILES string of the molecule is C=C(CNC(C)C)CN1CCC(NC(C)=O)C1. The molecule has 0 radical (unpaired) electrons. The van der Waals surface area contributed by atoms with E-state index in [2.05, 4.69) is 36.0 Å². The number of nitrogens with one attached hydrogen (secondary N) is 2. The topological polar surface area (TPSA) is 44.4 Å². The monoisotopic (exact) mass is 239 g/mol. The second-order valence-electron chi connectivity index (χ2n) is 5.21. The van der Waals surface area contributed by atoms with Crippen molar-refractivity contribution in [2.45, 2.75) is 39.3 Å². The van der Waals surface area contributed by atoms with Crippen molar-refractivity contribution in [3.05, 3.63) is 12.2 Å². The molecule has 1 fully saturated rings. The fourth-order valence-corrected chi connectivity index (χ4v) is 2.10. The van der Waals surface area contributed by atoms with Crippen molar-refractivity contribution < 1.29 is 4.79 Å². The molecule has 1 heterocycles. The molecule has 4 nitrogen and oxygen atoms in total. The number of rotatable bonds is 6. The predicted octanol–water partition coefficient (Wildman–Crippen LogP) is 0.751. The van der Waals surface area contributed by atoms with Gasteiger partial charge in [-0.15, -0.1) is 0 Å². The van der Waals surface area contributed by atoms with Gasteiger partial charge in [0, 0.05) is 45.2 Å². The third-order valence-corrected chi connectivity index (χ3v) is 2.89. The summed E-state index contributed by atoms with van der Waals surface area (Å²) in [4.78, 5) is 13.3. The van der Waals surface area contributed by atoms with Crippen LogP contribution in [-0.2, 0) is 4.79 Å². The summed E-state index contributed by atoms with van der Waals surface area (Å²) in [6.45, 7) is 13.7. The Morgan fingerprint density at radius 1 is 1.53 bits per heavy atom. The molecule has 1 atom stereocenters. The van der Waals surface area contributed by atoms with E-state index in [4.69, 9.17) is 0 Å². The first-order valence-corrected chi connectivity index (χ1v) is 6.37. The highest BCUT2D eigenvalue weighted by atomic mass is 16.1. The average Bonchev–Trinajstić information content (AvgIpc) is 2.61. The Morgan fingerprint density at radius 2 is 2.24 bits per heavy atom. The van der Waals surface area contributed by atoms with Crippen LogP contribution in [0.3, 0.4) is 0 Å². The first-order chi connectivity index (χ1) is 7.97. The summed E-state index contributed by atoms with van der Waals surface area (Å²) in [5.41, 5.74) is 1.21. The van der Waals surface area contributed by atoms with Crippen LogP contribution in [0.1, 0.15) is 27.2 Å². The molecule has 2 N–H and O–H groups in total. The van der Waals surface area contributed by atoms with Crippen LogP contribution in [0.15, 0.2) is 12.2 Å². The number of carbonyl (C=O) groups excluding carboxylic acids is 1. The van der Waals surface area contributed by atoms with Gasteiger partial charge >= 0.3 is 0 Å². The molecule has 0 spiro atoms. The van der Waals surface area contributed by atoms with E-state index in [9.17, 15) is 4.79 Å². The maximum Gasteiger partial charge on any atom is 0.217 e. The number of hydrogen-bond donors (Lipinski definition) is 2. The largest absolute Gasteiger partial charge is 0.352 e. The Morgan fingerprint density at radius 3 is 2.82 bits per heavy atom. The van der Waals surface area contributed by atoms with Gasteiger partial charge in [0.15, 0.2) is 0 Å². The van der Waals surface area contributed by atoms with Crippen LogP contribution in [-0.4, -0.2) is 49.1 Å². The van der Waals surface area contributed by atoms with E-state index in [0.717, 1.165) is 32.6 Å². The van der Waals surface area contributed by atoms with Gasteiger partial charge in [-0.3, -0.25) is 9.69 Å². The van der Waals surface area contributed by atoms with Crippen molar-refractivity contribution in [2.75, 3.05) is 26.2 Å². The Bertz CT molecular complexity index is 276. The summed E-state index contributed by atoms with van der Waals surface area (Å²) in [6.07, 6.45) is 1.05. The summed E-state index contributed by atoms with van der Waals surface area (Å²) >= 11 is 0. The van der Waals surface area contributed by atoms with Gasteiger partial charge in [0.2, 0.25) is 5.91 Å². The molecule has 0 aliphatic carbocycles. The molecule has 1 amide bonds. The fraction of sp³-hybridized carbons (Fsp3) is 0.769. The fourth-order valence-electron chi connectivity index (χ4n) is 2.10. The molecule has 1 saturated heterocycles. The van der Waals surface area contributed by atoms with Crippen LogP contribution in [0.4, 0.5) is 0 Å². The van der Waals surface area contributed by atoms with Crippen LogP contribution in [0.5, 0.6) is 0 Å². The van der Waals surface area contributed by atoms with E-state index in [1.54, 1.807) is 6.92 Å². The van der Waals surface area contributed by atoms with Crippen molar-refractivity contribution in [1.82, 2.24) is 15.5 Å². The average molecular weight is 239 g/mol. The van der Waals surface area contributed by atoms with Crippen molar-refractivity contribution >= 4 is 5.91 Å². The number of carbonyl (C=O) groups is 1. The molecular formula is C13H25N3O. The van der Waals surface area contributed by atoms with Crippen LogP contribution < -0.4 is 10.6 Å². The van der Waals surface area contributed by atoms with Crippen LogP contribution in [0.25, 0.3) is 0 Å². The van der Waals surface area contributed by atoms with Gasteiger partial charge in [-0.2, -0.15) is 0 Å². The number of likely N-dealkylation sites (tertiary alicyclic amines) is 1. The lowest BCUT2D eigenvalue weighted by Crippen LogP contribution is -2.36. The lowest BCUT2D eigenvalue weighted by Gasteiger charge is -2.18. The zero-order valence-corrected chi connectivity index (χ0v) is 11.3. The zero-order valence-electron chi connectivity index (χ0n) is 11.3. The van der Waals surface area contributed by atoms with Crippen LogP contribution in [0.2, 0.25) is 0 Å². The number of amides is 1.